The van der Waals surface area contributed by atoms with Crippen LogP contribution in [-0.4, -0.2) is 52.1 Å². The van der Waals surface area contributed by atoms with Crippen LogP contribution in [0.1, 0.15) is 57.6 Å². The summed E-state index contributed by atoms with van der Waals surface area (Å²) in [6.07, 6.45) is 8.55. The van der Waals surface area contributed by atoms with E-state index in [-0.39, 0.29) is 17.5 Å². The predicted octanol–water partition coefficient (Wildman–Crippen LogP) is 3.86. The van der Waals surface area contributed by atoms with Gasteiger partial charge in [0.15, 0.2) is 5.82 Å². The molecule has 2 heterocycles. The van der Waals surface area contributed by atoms with E-state index in [0.29, 0.717) is 30.6 Å². The summed E-state index contributed by atoms with van der Waals surface area (Å²) in [5, 5.41) is 6.32. The molecule has 0 radical (unpaired) electrons. The number of nitrogens with zero attached hydrogens (tertiary/aromatic N) is 3. The molecule has 1 aromatic heterocycles. The zero-order chi connectivity index (χ0) is 23.6. The van der Waals surface area contributed by atoms with Crippen LogP contribution in [0.3, 0.4) is 0 Å². The standard InChI is InChI=1S/C25H35F2N5O/c1-4-22(29-19-8-7-17-11-18(26)12-21(27)20(17)13-19)24(33)30-23-14-32(16-28-23)25(2,3)15-31-9-5-6-10-31/h11-12,14,16,19,22,29H,4-10,13,15H2,1-3H3,(H,30,33). The van der Waals surface area contributed by atoms with Gasteiger partial charge in [0.25, 0.3) is 0 Å². The van der Waals surface area contributed by atoms with Gasteiger partial charge in [0.2, 0.25) is 5.91 Å². The third kappa shape index (κ3) is 5.61. The number of carbonyl (C=O) groups excluding carboxylic acids is 1. The molecular formula is C25H35F2N5O. The number of likely N-dealkylation sites (tertiary alicyclic amines) is 1. The molecule has 1 amide bonds. The number of benzene rings is 1. The SMILES string of the molecule is CCC(NC1CCc2cc(F)cc(F)c2C1)C(=O)Nc1cn(C(C)(C)CN2CCCC2)cn1. The van der Waals surface area contributed by atoms with Crippen LogP contribution < -0.4 is 10.6 Å². The fourth-order valence-corrected chi connectivity index (χ4v) is 5.09. The number of hydrogen-bond donors (Lipinski definition) is 2. The van der Waals surface area contributed by atoms with Crippen molar-refractivity contribution in [3.63, 3.8) is 0 Å². The summed E-state index contributed by atoms with van der Waals surface area (Å²) >= 11 is 0. The van der Waals surface area contributed by atoms with E-state index in [9.17, 15) is 13.6 Å². The van der Waals surface area contributed by atoms with Gasteiger partial charge in [-0.2, -0.15) is 0 Å². The number of anilines is 1. The van der Waals surface area contributed by atoms with Gasteiger partial charge in [-0.3, -0.25) is 4.79 Å². The number of halogens is 2. The zero-order valence-corrected chi connectivity index (χ0v) is 19.8. The topological polar surface area (TPSA) is 62.2 Å². The molecule has 0 bridgehead atoms. The first kappa shape index (κ1) is 23.8. The maximum absolute atomic E-state index is 14.2. The minimum absolute atomic E-state index is 0.0369. The monoisotopic (exact) mass is 459 g/mol. The predicted molar refractivity (Wildman–Crippen MR) is 125 cm³/mol. The van der Waals surface area contributed by atoms with E-state index in [2.05, 4.69) is 38.9 Å². The van der Waals surface area contributed by atoms with Crippen molar-refractivity contribution in [3.8, 4) is 0 Å². The highest BCUT2D eigenvalue weighted by atomic mass is 19.1. The number of carbonyl (C=O) groups is 1. The van der Waals surface area contributed by atoms with E-state index in [1.807, 2.05) is 13.1 Å². The van der Waals surface area contributed by atoms with Crippen molar-refractivity contribution < 1.29 is 13.6 Å². The first-order valence-corrected chi connectivity index (χ1v) is 12.1. The summed E-state index contributed by atoms with van der Waals surface area (Å²) in [6, 6.07) is 1.90. The van der Waals surface area contributed by atoms with Gasteiger partial charge in [-0.1, -0.05) is 6.92 Å². The Labute approximate surface area is 194 Å². The highest BCUT2D eigenvalue weighted by molar-refractivity contribution is 5.93. The molecule has 180 valence electrons. The van der Waals surface area contributed by atoms with Gasteiger partial charge in [0.05, 0.1) is 17.9 Å². The largest absolute Gasteiger partial charge is 0.328 e. The number of fused-ring (bicyclic) bond motifs is 1. The Bertz CT molecular complexity index is 983. The molecule has 1 aromatic carbocycles. The molecule has 1 aliphatic heterocycles. The van der Waals surface area contributed by atoms with E-state index in [4.69, 9.17) is 0 Å². The zero-order valence-electron chi connectivity index (χ0n) is 19.8. The second kappa shape index (κ2) is 9.89. The Morgan fingerprint density at radius 1 is 1.27 bits per heavy atom. The smallest absolute Gasteiger partial charge is 0.242 e. The summed E-state index contributed by atoms with van der Waals surface area (Å²) in [4.78, 5) is 19.8. The minimum atomic E-state index is -0.536. The molecular weight excluding hydrogens is 424 g/mol. The number of nitrogens with one attached hydrogen (secondary N) is 2. The number of hydrogen-bond acceptors (Lipinski definition) is 4. The van der Waals surface area contributed by atoms with Gasteiger partial charge in [0.1, 0.15) is 11.6 Å². The van der Waals surface area contributed by atoms with E-state index in [1.54, 1.807) is 6.33 Å². The maximum atomic E-state index is 14.2. The summed E-state index contributed by atoms with van der Waals surface area (Å²) in [7, 11) is 0. The van der Waals surface area contributed by atoms with Gasteiger partial charge in [-0.05, 0) is 82.7 Å². The van der Waals surface area contributed by atoms with Crippen LogP contribution in [0.15, 0.2) is 24.7 Å². The third-order valence-corrected chi connectivity index (χ3v) is 6.97. The van der Waals surface area contributed by atoms with Gasteiger partial charge >= 0.3 is 0 Å². The first-order valence-electron chi connectivity index (χ1n) is 12.1. The normalized spacial score (nSPS) is 20.0. The van der Waals surface area contributed by atoms with Gasteiger partial charge in [-0.15, -0.1) is 0 Å². The lowest BCUT2D eigenvalue weighted by Crippen LogP contribution is -2.47. The van der Waals surface area contributed by atoms with Crippen molar-refractivity contribution in [3.05, 3.63) is 47.4 Å². The van der Waals surface area contributed by atoms with Crippen molar-refractivity contribution in [2.45, 2.75) is 76.9 Å². The number of aromatic nitrogens is 2. The lowest BCUT2D eigenvalue weighted by Gasteiger charge is -2.31. The van der Waals surface area contributed by atoms with E-state index in [1.165, 1.54) is 18.9 Å². The van der Waals surface area contributed by atoms with Crippen LogP contribution >= 0.6 is 0 Å². The number of amides is 1. The highest BCUT2D eigenvalue weighted by Crippen LogP contribution is 2.26. The van der Waals surface area contributed by atoms with Crippen LogP contribution in [0.2, 0.25) is 0 Å². The van der Waals surface area contributed by atoms with Crippen molar-refractivity contribution in [2.75, 3.05) is 25.0 Å². The molecule has 0 saturated carbocycles. The molecule has 0 spiro atoms. The summed E-state index contributed by atoms with van der Waals surface area (Å²) < 4.78 is 29.8. The van der Waals surface area contributed by atoms with Crippen molar-refractivity contribution in [2.24, 2.45) is 0 Å². The Hall–Kier alpha value is -2.32. The Kier molecular flexibility index (Phi) is 7.14. The van der Waals surface area contributed by atoms with E-state index >= 15 is 0 Å². The fourth-order valence-electron chi connectivity index (χ4n) is 5.09. The van der Waals surface area contributed by atoms with E-state index in [0.717, 1.165) is 37.7 Å². The molecule has 6 nitrogen and oxygen atoms in total. The molecule has 8 heteroatoms. The van der Waals surface area contributed by atoms with Crippen LogP contribution in [0.4, 0.5) is 14.6 Å². The molecule has 1 fully saturated rings. The van der Waals surface area contributed by atoms with Crippen molar-refractivity contribution in [1.29, 1.82) is 0 Å². The molecule has 1 saturated heterocycles. The van der Waals surface area contributed by atoms with Crippen LogP contribution in [-0.2, 0) is 23.2 Å². The summed E-state index contributed by atoms with van der Waals surface area (Å²) in [5.41, 5.74) is 1.15. The molecule has 2 aromatic rings. The number of rotatable bonds is 8. The molecule has 2 aliphatic rings. The first-order chi connectivity index (χ1) is 15.7. The molecule has 2 unspecified atom stereocenters. The van der Waals surface area contributed by atoms with E-state index < -0.39 is 17.7 Å². The third-order valence-electron chi connectivity index (χ3n) is 6.97. The highest BCUT2D eigenvalue weighted by Gasteiger charge is 2.28. The lowest BCUT2D eigenvalue weighted by molar-refractivity contribution is -0.118. The van der Waals surface area contributed by atoms with Crippen molar-refractivity contribution >= 4 is 11.7 Å². The Morgan fingerprint density at radius 3 is 2.76 bits per heavy atom. The Balaban J connectivity index is 1.35. The molecule has 2 atom stereocenters. The second-order valence-corrected chi connectivity index (χ2v) is 10.0. The second-order valence-electron chi connectivity index (χ2n) is 10.0. The quantitative estimate of drug-likeness (QED) is 0.629. The van der Waals surface area contributed by atoms with Gasteiger partial charge in [-0.25, -0.2) is 13.8 Å². The molecule has 33 heavy (non-hydrogen) atoms. The van der Waals surface area contributed by atoms with Gasteiger partial charge in [0, 0.05) is 24.8 Å². The molecule has 1 aliphatic carbocycles. The Morgan fingerprint density at radius 2 is 2.03 bits per heavy atom. The molecule has 2 N–H and O–H groups in total. The average molecular weight is 460 g/mol. The van der Waals surface area contributed by atoms with Crippen molar-refractivity contribution in [1.82, 2.24) is 19.8 Å². The number of imidazole rings is 1. The summed E-state index contributed by atoms with van der Waals surface area (Å²) in [6.45, 7) is 9.52. The maximum Gasteiger partial charge on any atom is 0.242 e. The fraction of sp³-hybridized carbons (Fsp3) is 0.600. The lowest BCUT2D eigenvalue weighted by atomic mass is 9.87. The van der Waals surface area contributed by atoms with Gasteiger partial charge < -0.3 is 20.1 Å². The number of aryl methyl sites for hydroxylation is 1. The van der Waals surface area contributed by atoms with Crippen LogP contribution in [0.5, 0.6) is 0 Å². The average Bonchev–Trinajstić information content (AvgIpc) is 3.44. The van der Waals surface area contributed by atoms with Crippen LogP contribution in [0.25, 0.3) is 0 Å². The molecule has 4 rings (SSSR count). The van der Waals surface area contributed by atoms with Crippen LogP contribution in [0, 0.1) is 11.6 Å². The summed E-state index contributed by atoms with van der Waals surface area (Å²) in [5.74, 6) is -0.654. The minimum Gasteiger partial charge on any atom is -0.328 e.